The fourth-order valence-electron chi connectivity index (χ4n) is 4.09. The topological polar surface area (TPSA) is 29.5 Å². The molecule has 1 heterocycles. The van der Waals surface area contributed by atoms with Crippen LogP contribution in [0.4, 0.5) is 0 Å². The summed E-state index contributed by atoms with van der Waals surface area (Å²) < 4.78 is 7.59. The number of allylic oxidation sites excluding steroid dienone is 1. The number of hydrogen-bond acceptors (Lipinski definition) is 2. The Morgan fingerprint density at radius 2 is 2.09 bits per heavy atom. The molecule has 0 unspecified atom stereocenters. The number of fused-ring (bicyclic) bond motifs is 1. The minimum Gasteiger partial charge on any atom is -0.392 e. The number of aliphatic hydroxyl groups is 1. The van der Waals surface area contributed by atoms with Gasteiger partial charge in [0.25, 0.3) is 0 Å². The van der Waals surface area contributed by atoms with Gasteiger partial charge in [-0.25, -0.2) is 0 Å². The number of hydrogen-bond donors (Lipinski definition) is 1. The van der Waals surface area contributed by atoms with Gasteiger partial charge in [-0.3, -0.25) is 0 Å². The first-order chi connectivity index (χ1) is 11.0. The average molecular weight is 400 g/mol. The molecule has 2 nitrogen and oxygen atoms in total. The molecule has 1 aliphatic heterocycles. The molecular weight excluding hydrogens is 376 g/mol. The van der Waals surface area contributed by atoms with Gasteiger partial charge < -0.3 is 9.84 Å². The summed E-state index contributed by atoms with van der Waals surface area (Å²) in [5, 5.41) is 9.86. The van der Waals surface area contributed by atoms with Gasteiger partial charge in [0.2, 0.25) is 0 Å². The summed E-state index contributed by atoms with van der Waals surface area (Å²) in [6.07, 6.45) is 4.18. The van der Waals surface area contributed by atoms with Crippen LogP contribution in [0, 0.1) is 17.8 Å². The van der Waals surface area contributed by atoms with Crippen LogP contribution in [0.1, 0.15) is 38.4 Å². The van der Waals surface area contributed by atoms with Crippen molar-refractivity contribution >= 4 is 27.5 Å². The number of aliphatic hydroxyl groups excluding tert-OH is 1. The molecule has 1 aliphatic carbocycles. The predicted molar refractivity (Wildman–Crippen MR) is 97.6 cm³/mol. The van der Waals surface area contributed by atoms with E-state index in [0.717, 1.165) is 22.9 Å². The predicted octanol–water partition coefficient (Wildman–Crippen LogP) is 5.10. The highest BCUT2D eigenvalue weighted by Crippen LogP contribution is 2.53. The van der Waals surface area contributed by atoms with Crippen molar-refractivity contribution in [3.05, 3.63) is 46.0 Å². The standard InChI is InChI=1S/C19H24BrClO2/c1-11(2)7-17-15-9-13(21)8-12(10-22)18(15)19(23-17)14-5-3-4-6-16(14)20/h3-6,8,11,13,15,17-19,22H,7,9-10H2,1-2H3/t13-,15-,17+,18-,19-/m1/s1. The fraction of sp³-hybridized carbons (Fsp3) is 0.579. The summed E-state index contributed by atoms with van der Waals surface area (Å²) in [7, 11) is 0. The van der Waals surface area contributed by atoms with E-state index in [9.17, 15) is 5.11 Å². The third-order valence-electron chi connectivity index (χ3n) is 5.00. The van der Waals surface area contributed by atoms with E-state index in [-0.39, 0.29) is 30.1 Å². The minimum absolute atomic E-state index is 0.00498. The molecule has 5 atom stereocenters. The number of halogens is 2. The maximum atomic E-state index is 9.86. The smallest absolute Gasteiger partial charge is 0.0909 e. The Hall–Kier alpha value is -0.350. The number of benzene rings is 1. The molecule has 2 aliphatic rings. The Morgan fingerprint density at radius 3 is 2.74 bits per heavy atom. The van der Waals surface area contributed by atoms with Crippen LogP contribution < -0.4 is 0 Å². The lowest BCUT2D eigenvalue weighted by Crippen LogP contribution is -2.30. The monoisotopic (exact) mass is 398 g/mol. The van der Waals surface area contributed by atoms with Crippen LogP contribution in [0.15, 0.2) is 40.4 Å². The van der Waals surface area contributed by atoms with E-state index in [1.54, 1.807) is 0 Å². The molecule has 126 valence electrons. The van der Waals surface area contributed by atoms with Crippen LogP contribution in [0.25, 0.3) is 0 Å². The summed E-state index contributed by atoms with van der Waals surface area (Å²) in [6, 6.07) is 8.23. The highest BCUT2D eigenvalue weighted by molar-refractivity contribution is 9.10. The first kappa shape index (κ1) is 17.5. The summed E-state index contributed by atoms with van der Waals surface area (Å²) in [4.78, 5) is 0. The quantitative estimate of drug-likeness (QED) is 0.564. The van der Waals surface area contributed by atoms with Crippen molar-refractivity contribution in [2.24, 2.45) is 17.8 Å². The van der Waals surface area contributed by atoms with Crippen molar-refractivity contribution in [2.75, 3.05) is 6.61 Å². The molecule has 0 spiro atoms. The Kier molecular flexibility index (Phi) is 5.52. The molecule has 23 heavy (non-hydrogen) atoms. The van der Waals surface area contributed by atoms with E-state index < -0.39 is 0 Å². The van der Waals surface area contributed by atoms with Gasteiger partial charge in [-0.05, 0) is 41.9 Å². The Bertz CT molecular complexity index is 586. The first-order valence-corrected chi connectivity index (χ1v) is 9.59. The van der Waals surface area contributed by atoms with E-state index in [2.05, 4.69) is 41.9 Å². The summed E-state index contributed by atoms with van der Waals surface area (Å²) in [5.41, 5.74) is 2.20. The molecule has 0 saturated carbocycles. The van der Waals surface area contributed by atoms with E-state index in [0.29, 0.717) is 11.8 Å². The van der Waals surface area contributed by atoms with Crippen LogP contribution in [0.3, 0.4) is 0 Å². The number of rotatable bonds is 4. The molecular formula is C19H24BrClO2. The zero-order chi connectivity index (χ0) is 16.6. The Balaban J connectivity index is 1.99. The second-order valence-electron chi connectivity index (χ2n) is 7.09. The van der Waals surface area contributed by atoms with Crippen molar-refractivity contribution in [3.63, 3.8) is 0 Å². The largest absolute Gasteiger partial charge is 0.392 e. The summed E-state index contributed by atoms with van der Waals surface area (Å²) >= 11 is 10.1. The molecule has 1 N–H and O–H groups in total. The van der Waals surface area contributed by atoms with Crippen molar-refractivity contribution in [1.82, 2.24) is 0 Å². The van der Waals surface area contributed by atoms with Crippen molar-refractivity contribution in [3.8, 4) is 0 Å². The van der Waals surface area contributed by atoms with Gasteiger partial charge in [-0.15, -0.1) is 11.6 Å². The van der Waals surface area contributed by atoms with Crippen LogP contribution in [-0.2, 0) is 4.74 Å². The fourth-order valence-corrected chi connectivity index (χ4v) is 4.97. The van der Waals surface area contributed by atoms with Crippen LogP contribution in [-0.4, -0.2) is 23.2 Å². The van der Waals surface area contributed by atoms with Gasteiger partial charge in [0.15, 0.2) is 0 Å². The Labute approximate surface area is 152 Å². The molecule has 3 rings (SSSR count). The van der Waals surface area contributed by atoms with Crippen LogP contribution >= 0.6 is 27.5 Å². The lowest BCUT2D eigenvalue weighted by atomic mass is 9.72. The van der Waals surface area contributed by atoms with Gasteiger partial charge in [0.1, 0.15) is 0 Å². The highest BCUT2D eigenvalue weighted by atomic mass is 79.9. The summed E-state index contributed by atoms with van der Waals surface area (Å²) in [5.74, 6) is 1.18. The van der Waals surface area contributed by atoms with E-state index >= 15 is 0 Å². The minimum atomic E-state index is -0.0121. The molecule has 1 aromatic carbocycles. The Morgan fingerprint density at radius 1 is 1.35 bits per heavy atom. The maximum absolute atomic E-state index is 9.86. The van der Waals surface area contributed by atoms with Gasteiger partial charge >= 0.3 is 0 Å². The van der Waals surface area contributed by atoms with E-state index in [1.165, 1.54) is 5.56 Å². The molecule has 0 bridgehead atoms. The maximum Gasteiger partial charge on any atom is 0.0909 e. The molecule has 1 fully saturated rings. The van der Waals surface area contributed by atoms with E-state index in [4.69, 9.17) is 16.3 Å². The second kappa shape index (κ2) is 7.26. The van der Waals surface area contributed by atoms with Crippen LogP contribution in [0.5, 0.6) is 0 Å². The van der Waals surface area contributed by atoms with Gasteiger partial charge in [-0.1, -0.05) is 54.1 Å². The molecule has 4 heteroatoms. The first-order valence-electron chi connectivity index (χ1n) is 8.36. The number of alkyl halides is 1. The molecule has 1 aromatic rings. The zero-order valence-electron chi connectivity index (χ0n) is 13.6. The van der Waals surface area contributed by atoms with Gasteiger partial charge in [0.05, 0.1) is 24.2 Å². The summed E-state index contributed by atoms with van der Waals surface area (Å²) in [6.45, 7) is 4.52. The normalized spacial score (nSPS) is 33.7. The second-order valence-corrected chi connectivity index (χ2v) is 8.50. The molecule has 0 aromatic heterocycles. The zero-order valence-corrected chi connectivity index (χ0v) is 15.9. The van der Waals surface area contributed by atoms with Gasteiger partial charge in [-0.2, -0.15) is 0 Å². The lowest BCUT2D eigenvalue weighted by molar-refractivity contribution is 0.0175. The molecule has 1 saturated heterocycles. The third-order valence-corrected chi connectivity index (χ3v) is 6.03. The van der Waals surface area contributed by atoms with Crippen molar-refractivity contribution < 1.29 is 9.84 Å². The van der Waals surface area contributed by atoms with Crippen molar-refractivity contribution in [2.45, 2.75) is 44.3 Å². The van der Waals surface area contributed by atoms with E-state index in [1.807, 2.05) is 18.2 Å². The SMILES string of the molecule is CC(C)C[C@@H]1O[C@H](c2ccccc2Br)[C@@H]2C(CO)=C[C@@H](Cl)C[C@@H]21. The highest BCUT2D eigenvalue weighted by Gasteiger charge is 2.49. The average Bonchev–Trinajstić information content (AvgIpc) is 2.84. The molecule has 0 radical (unpaired) electrons. The third kappa shape index (κ3) is 3.53. The van der Waals surface area contributed by atoms with Crippen molar-refractivity contribution in [1.29, 1.82) is 0 Å². The van der Waals surface area contributed by atoms with Crippen LogP contribution in [0.2, 0.25) is 0 Å². The number of ether oxygens (including phenoxy) is 1. The lowest BCUT2D eigenvalue weighted by Gasteiger charge is -2.32. The molecule has 0 amide bonds. The van der Waals surface area contributed by atoms with Gasteiger partial charge in [0, 0.05) is 10.4 Å².